The largest absolute Gasteiger partial charge is 0.348 e. The average molecular weight is 425 g/mol. The normalized spacial score (nSPS) is 14.7. The van der Waals surface area contributed by atoms with Gasteiger partial charge >= 0.3 is 0 Å². The van der Waals surface area contributed by atoms with E-state index in [-0.39, 0.29) is 11.7 Å². The Kier molecular flexibility index (Phi) is 5.96. The van der Waals surface area contributed by atoms with Gasteiger partial charge in [-0.3, -0.25) is 4.79 Å². The maximum atomic E-state index is 12.6. The maximum Gasteiger partial charge on any atom is 0.251 e. The third-order valence-electron chi connectivity index (χ3n) is 5.24. The van der Waals surface area contributed by atoms with E-state index in [4.69, 9.17) is 0 Å². The molecule has 1 saturated heterocycles. The van der Waals surface area contributed by atoms with Crippen LogP contribution in [0.4, 0.5) is 0 Å². The van der Waals surface area contributed by atoms with Crippen molar-refractivity contribution in [3.05, 3.63) is 83.9 Å². The highest BCUT2D eigenvalue weighted by Gasteiger charge is 2.25. The molecule has 0 radical (unpaired) electrons. The van der Waals surface area contributed by atoms with E-state index in [9.17, 15) is 13.2 Å². The Bertz CT molecular complexity index is 1100. The van der Waals surface area contributed by atoms with Gasteiger partial charge in [0.05, 0.1) is 17.8 Å². The highest BCUT2D eigenvalue weighted by Crippen LogP contribution is 2.18. The lowest BCUT2D eigenvalue weighted by molar-refractivity contribution is 0.0951. The molecule has 0 spiro atoms. The van der Waals surface area contributed by atoms with Gasteiger partial charge < -0.3 is 9.88 Å². The van der Waals surface area contributed by atoms with E-state index in [0.29, 0.717) is 30.8 Å². The summed E-state index contributed by atoms with van der Waals surface area (Å²) in [6.45, 7) is 1.57. The van der Waals surface area contributed by atoms with E-state index in [0.717, 1.165) is 24.1 Å². The van der Waals surface area contributed by atoms with Gasteiger partial charge in [-0.15, -0.1) is 0 Å². The maximum absolute atomic E-state index is 12.6. The zero-order valence-electron chi connectivity index (χ0n) is 16.6. The van der Waals surface area contributed by atoms with Crippen molar-refractivity contribution in [2.24, 2.45) is 0 Å². The number of benzene rings is 2. The third-order valence-corrected chi connectivity index (χ3v) is 7.09. The molecule has 0 saturated carbocycles. The van der Waals surface area contributed by atoms with Crippen LogP contribution in [0.3, 0.4) is 0 Å². The number of amides is 1. The van der Waals surface area contributed by atoms with Crippen molar-refractivity contribution in [2.75, 3.05) is 13.1 Å². The van der Waals surface area contributed by atoms with Gasteiger partial charge in [-0.1, -0.05) is 30.3 Å². The first kappa shape index (κ1) is 20.3. The number of aromatic nitrogens is 2. The van der Waals surface area contributed by atoms with Crippen molar-refractivity contribution in [3.63, 3.8) is 0 Å². The molecule has 1 amide bonds. The molecule has 1 aliphatic heterocycles. The molecule has 4 rings (SSSR count). The minimum atomic E-state index is -3.29. The molecular weight excluding hydrogens is 400 g/mol. The molecule has 1 aliphatic rings. The summed E-state index contributed by atoms with van der Waals surface area (Å²) >= 11 is 0. The van der Waals surface area contributed by atoms with E-state index >= 15 is 0 Å². The Balaban J connectivity index is 1.39. The van der Waals surface area contributed by atoms with Gasteiger partial charge in [0.25, 0.3) is 5.91 Å². The minimum Gasteiger partial charge on any atom is -0.348 e. The molecule has 8 heteroatoms. The van der Waals surface area contributed by atoms with E-state index in [2.05, 4.69) is 10.3 Å². The Morgan fingerprint density at radius 1 is 1.03 bits per heavy atom. The Morgan fingerprint density at radius 2 is 1.77 bits per heavy atom. The standard InChI is InChI=1S/C22H24N4O3S/c27-22(24-15-20-5-1-2-6-21(20)25-14-11-23-17-25)19-9-7-18(8-10-19)16-30(28,29)26-12-3-4-13-26/h1-2,5-11,14,17H,3-4,12-13,15-16H2,(H,24,27). The highest BCUT2D eigenvalue weighted by atomic mass is 32.2. The zero-order valence-corrected chi connectivity index (χ0v) is 17.4. The first-order valence-corrected chi connectivity index (χ1v) is 11.5. The number of hydrogen-bond donors (Lipinski definition) is 1. The number of carbonyl (C=O) groups is 1. The second-order valence-corrected chi connectivity index (χ2v) is 9.31. The Labute approximate surface area is 176 Å². The molecule has 1 N–H and O–H groups in total. The van der Waals surface area contributed by atoms with Crippen molar-refractivity contribution >= 4 is 15.9 Å². The van der Waals surface area contributed by atoms with Crippen LogP contribution in [0.1, 0.15) is 34.3 Å². The van der Waals surface area contributed by atoms with Gasteiger partial charge in [0, 0.05) is 37.6 Å². The number of para-hydroxylation sites is 1. The lowest BCUT2D eigenvalue weighted by Crippen LogP contribution is -2.29. The summed E-state index contributed by atoms with van der Waals surface area (Å²) in [6, 6.07) is 14.6. The third kappa shape index (κ3) is 4.60. The van der Waals surface area contributed by atoms with Crippen LogP contribution in [0, 0.1) is 0 Å². The van der Waals surface area contributed by atoms with Crippen LogP contribution in [0.15, 0.2) is 67.3 Å². The van der Waals surface area contributed by atoms with Crippen molar-refractivity contribution in [1.82, 2.24) is 19.2 Å². The summed E-state index contributed by atoms with van der Waals surface area (Å²) < 4.78 is 28.3. The SMILES string of the molecule is O=C(NCc1ccccc1-n1ccnc1)c1ccc(CS(=O)(=O)N2CCCC2)cc1. The molecule has 1 aromatic heterocycles. The molecule has 3 aromatic rings. The lowest BCUT2D eigenvalue weighted by Gasteiger charge is -2.15. The van der Waals surface area contributed by atoms with Crippen molar-refractivity contribution in [2.45, 2.75) is 25.1 Å². The molecule has 30 heavy (non-hydrogen) atoms. The van der Waals surface area contributed by atoms with Crippen LogP contribution in [0.5, 0.6) is 0 Å². The van der Waals surface area contributed by atoms with Gasteiger partial charge in [0.2, 0.25) is 10.0 Å². The first-order valence-electron chi connectivity index (χ1n) is 9.94. The second-order valence-electron chi connectivity index (χ2n) is 7.34. The van der Waals surface area contributed by atoms with E-state index < -0.39 is 10.0 Å². The first-order chi connectivity index (χ1) is 14.5. The van der Waals surface area contributed by atoms with Gasteiger partial charge in [0.1, 0.15) is 0 Å². The Hall–Kier alpha value is -2.97. The number of nitrogens with zero attached hydrogens (tertiary/aromatic N) is 3. The summed E-state index contributed by atoms with van der Waals surface area (Å²) in [7, 11) is -3.29. The number of hydrogen-bond acceptors (Lipinski definition) is 4. The van der Waals surface area contributed by atoms with Gasteiger partial charge in [-0.2, -0.15) is 0 Å². The van der Waals surface area contributed by atoms with Gasteiger partial charge in [-0.25, -0.2) is 17.7 Å². The minimum absolute atomic E-state index is 0.0345. The van der Waals surface area contributed by atoms with Crippen LogP contribution in [-0.2, 0) is 22.3 Å². The number of rotatable bonds is 7. The monoisotopic (exact) mass is 424 g/mol. The average Bonchev–Trinajstić information content (AvgIpc) is 3.47. The number of sulfonamides is 1. The van der Waals surface area contributed by atoms with E-state index in [1.165, 1.54) is 0 Å². The van der Waals surface area contributed by atoms with Crippen LogP contribution < -0.4 is 5.32 Å². The van der Waals surface area contributed by atoms with Gasteiger partial charge in [0.15, 0.2) is 0 Å². The number of imidazole rings is 1. The van der Waals surface area contributed by atoms with Crippen LogP contribution >= 0.6 is 0 Å². The molecular formula is C22H24N4O3S. The van der Waals surface area contributed by atoms with Crippen LogP contribution in [0.2, 0.25) is 0 Å². The fraction of sp³-hybridized carbons (Fsp3) is 0.273. The number of carbonyl (C=O) groups excluding carboxylic acids is 1. The van der Waals surface area contributed by atoms with Gasteiger partial charge in [-0.05, 0) is 42.2 Å². The molecule has 2 heterocycles. The fourth-order valence-electron chi connectivity index (χ4n) is 3.61. The summed E-state index contributed by atoms with van der Waals surface area (Å²) in [5.74, 6) is -0.239. The molecule has 1 fully saturated rings. The second kappa shape index (κ2) is 8.81. The molecule has 0 aliphatic carbocycles. The number of nitrogens with one attached hydrogen (secondary N) is 1. The predicted molar refractivity (Wildman–Crippen MR) is 115 cm³/mol. The van der Waals surface area contributed by atoms with Crippen LogP contribution in [0.25, 0.3) is 5.69 Å². The summed E-state index contributed by atoms with van der Waals surface area (Å²) in [4.78, 5) is 16.6. The van der Waals surface area contributed by atoms with Crippen molar-refractivity contribution in [1.29, 1.82) is 0 Å². The van der Waals surface area contributed by atoms with E-state index in [1.54, 1.807) is 41.1 Å². The quantitative estimate of drug-likeness (QED) is 0.632. The zero-order chi connectivity index (χ0) is 21.0. The van der Waals surface area contributed by atoms with Crippen molar-refractivity contribution in [3.8, 4) is 5.69 Å². The Morgan fingerprint density at radius 3 is 2.47 bits per heavy atom. The summed E-state index contributed by atoms with van der Waals surface area (Å²) in [5.41, 5.74) is 3.11. The lowest BCUT2D eigenvalue weighted by atomic mass is 10.1. The summed E-state index contributed by atoms with van der Waals surface area (Å²) in [6.07, 6.45) is 7.12. The van der Waals surface area contributed by atoms with E-state index in [1.807, 2.05) is 35.0 Å². The molecule has 156 valence electrons. The molecule has 0 atom stereocenters. The molecule has 7 nitrogen and oxygen atoms in total. The fourth-order valence-corrected chi connectivity index (χ4v) is 5.22. The smallest absolute Gasteiger partial charge is 0.251 e. The predicted octanol–water partition coefficient (Wildman–Crippen LogP) is 2.73. The molecule has 0 bridgehead atoms. The molecule has 0 unspecified atom stereocenters. The summed E-state index contributed by atoms with van der Waals surface area (Å²) in [5, 5.41) is 2.93. The molecule has 2 aromatic carbocycles. The van der Waals surface area contributed by atoms with Crippen molar-refractivity contribution < 1.29 is 13.2 Å². The van der Waals surface area contributed by atoms with Crippen LogP contribution in [-0.4, -0.2) is 41.3 Å². The topological polar surface area (TPSA) is 84.3 Å². The highest BCUT2D eigenvalue weighted by molar-refractivity contribution is 7.88.